The van der Waals surface area contributed by atoms with Gasteiger partial charge in [-0.3, -0.25) is 37.3 Å². The predicted octanol–water partition coefficient (Wildman–Crippen LogP) is 20.5. The van der Waals surface area contributed by atoms with E-state index >= 15 is 0 Å². The number of phosphoric acid groups is 2. The fraction of sp³-hybridized carbons (Fsp3) is 0.944. The molecule has 0 saturated heterocycles. The van der Waals surface area contributed by atoms with Crippen molar-refractivity contribution in [2.24, 2.45) is 23.7 Å². The van der Waals surface area contributed by atoms with E-state index in [9.17, 15) is 43.2 Å². The standard InChI is InChI=1S/C72H140O17P2/c1-62(2)48-40-32-24-18-13-10-9-11-15-21-27-36-44-52-69(74)82-58-67(88-71(76)54-46-38-28-22-16-12-14-19-25-33-41-49-63(3)4)60-86-90(78,79)84-56-66(73)57-85-91(80,81)87-61-68(59-83-70(75)53-45-37-31-30-35-43-51-65(7)8)89-72(77)55-47-39-29-23-17-20-26-34-42-50-64(5)6/h62-68,73H,9-61H2,1-8H3,(H,78,79)(H,80,81)/t66-,67-,68-/m1/s1. The number of aliphatic hydroxyl groups is 1. The SMILES string of the molecule is CC(C)CCCCCCCCCCCCCCCC(=O)OC[C@H](COP(=O)(O)OC[C@@H](O)COP(=O)(O)OC[C@@H](COC(=O)CCCCCCCCC(C)C)OC(=O)CCCCCCCCCCCC(C)C)OC(=O)CCCCCCCCCCCCCC(C)C. The van der Waals surface area contributed by atoms with Crippen molar-refractivity contribution in [3.8, 4) is 0 Å². The van der Waals surface area contributed by atoms with E-state index in [0.29, 0.717) is 31.6 Å². The maximum absolute atomic E-state index is 13.0. The second-order valence-corrected chi connectivity index (χ2v) is 30.8. The molecule has 0 amide bonds. The van der Waals surface area contributed by atoms with Crippen molar-refractivity contribution in [1.29, 1.82) is 0 Å². The monoisotopic (exact) mass is 1340 g/mol. The summed E-state index contributed by atoms with van der Waals surface area (Å²) in [6.07, 6.45) is 44.6. The molecule has 0 heterocycles. The van der Waals surface area contributed by atoms with Crippen LogP contribution in [0, 0.1) is 23.7 Å². The van der Waals surface area contributed by atoms with Crippen LogP contribution in [0.3, 0.4) is 0 Å². The lowest BCUT2D eigenvalue weighted by atomic mass is 10.0. The highest BCUT2D eigenvalue weighted by Crippen LogP contribution is 2.45. The number of unbranched alkanes of at least 4 members (excludes halogenated alkanes) is 35. The van der Waals surface area contributed by atoms with Crippen molar-refractivity contribution in [3.05, 3.63) is 0 Å². The van der Waals surface area contributed by atoms with E-state index < -0.39 is 97.5 Å². The van der Waals surface area contributed by atoms with Gasteiger partial charge < -0.3 is 33.8 Å². The van der Waals surface area contributed by atoms with Crippen LogP contribution in [-0.4, -0.2) is 96.7 Å². The van der Waals surface area contributed by atoms with Gasteiger partial charge in [-0.15, -0.1) is 0 Å². The van der Waals surface area contributed by atoms with E-state index in [2.05, 4.69) is 55.4 Å². The highest BCUT2D eigenvalue weighted by atomic mass is 31.2. The summed E-state index contributed by atoms with van der Waals surface area (Å²) in [4.78, 5) is 72.6. The van der Waals surface area contributed by atoms with Crippen molar-refractivity contribution in [3.63, 3.8) is 0 Å². The van der Waals surface area contributed by atoms with Crippen LogP contribution in [-0.2, 0) is 65.4 Å². The summed E-state index contributed by atoms with van der Waals surface area (Å²) in [5.41, 5.74) is 0. The minimum Gasteiger partial charge on any atom is -0.462 e. The van der Waals surface area contributed by atoms with E-state index in [4.69, 9.17) is 37.0 Å². The first-order valence-electron chi connectivity index (χ1n) is 37.2. The molecule has 0 spiro atoms. The van der Waals surface area contributed by atoms with Gasteiger partial charge in [0.2, 0.25) is 0 Å². The number of aliphatic hydroxyl groups excluding tert-OH is 1. The normalized spacial score (nSPS) is 14.2. The summed E-state index contributed by atoms with van der Waals surface area (Å²) in [7, 11) is -9.91. The van der Waals surface area contributed by atoms with Crippen LogP contribution in [0.15, 0.2) is 0 Å². The highest BCUT2D eigenvalue weighted by molar-refractivity contribution is 7.47. The number of hydrogen-bond donors (Lipinski definition) is 3. The van der Waals surface area contributed by atoms with Crippen LogP contribution < -0.4 is 0 Å². The first kappa shape index (κ1) is 89.1. The van der Waals surface area contributed by atoms with Crippen LogP contribution in [0.5, 0.6) is 0 Å². The molecule has 0 aromatic heterocycles. The molecule has 5 atom stereocenters. The number of hydrogen-bond acceptors (Lipinski definition) is 15. The number of carbonyl (C=O) groups excluding carboxylic acids is 4. The average Bonchev–Trinajstić information content (AvgIpc) is 2.27. The maximum Gasteiger partial charge on any atom is 0.472 e. The molecule has 0 rings (SSSR count). The van der Waals surface area contributed by atoms with Gasteiger partial charge >= 0.3 is 39.5 Å². The molecular weight excluding hydrogens is 1200 g/mol. The van der Waals surface area contributed by atoms with Gasteiger partial charge in [0.15, 0.2) is 12.2 Å². The third kappa shape index (κ3) is 66.5. The minimum atomic E-state index is -4.95. The Balaban J connectivity index is 5.24. The van der Waals surface area contributed by atoms with Crippen molar-refractivity contribution >= 4 is 39.5 Å². The van der Waals surface area contributed by atoms with Crippen molar-refractivity contribution in [2.45, 2.75) is 375 Å². The molecule has 3 N–H and O–H groups in total. The largest absolute Gasteiger partial charge is 0.472 e. The van der Waals surface area contributed by atoms with Crippen LogP contribution in [0.4, 0.5) is 0 Å². The Morgan fingerprint density at radius 2 is 0.462 bits per heavy atom. The Kier molecular flexibility index (Phi) is 60.3. The summed E-state index contributed by atoms with van der Waals surface area (Å²) in [6, 6.07) is 0. The number of ether oxygens (including phenoxy) is 4. The molecule has 540 valence electrons. The molecule has 0 aliphatic heterocycles. The number of esters is 4. The smallest absolute Gasteiger partial charge is 0.462 e. The number of carbonyl (C=O) groups is 4. The first-order chi connectivity index (χ1) is 43.6. The predicted molar refractivity (Wildman–Crippen MR) is 367 cm³/mol. The minimum absolute atomic E-state index is 0.104. The molecule has 19 heteroatoms. The van der Waals surface area contributed by atoms with Crippen LogP contribution in [0.25, 0.3) is 0 Å². The zero-order valence-electron chi connectivity index (χ0n) is 59.5. The fourth-order valence-electron chi connectivity index (χ4n) is 10.8. The molecule has 0 aliphatic rings. The second kappa shape index (κ2) is 61.6. The van der Waals surface area contributed by atoms with Gasteiger partial charge in [0.1, 0.15) is 19.3 Å². The second-order valence-electron chi connectivity index (χ2n) is 27.9. The molecule has 0 aliphatic carbocycles. The quantitative estimate of drug-likeness (QED) is 0.0222. The van der Waals surface area contributed by atoms with Crippen molar-refractivity contribution < 1.29 is 80.2 Å². The maximum atomic E-state index is 13.0. The summed E-state index contributed by atoms with van der Waals surface area (Å²) in [5, 5.41) is 10.6. The molecule has 0 radical (unpaired) electrons. The van der Waals surface area contributed by atoms with Gasteiger partial charge in [-0.25, -0.2) is 9.13 Å². The molecular formula is C72H140O17P2. The Labute approximate surface area is 556 Å². The average molecular weight is 1340 g/mol. The Morgan fingerprint density at radius 3 is 0.681 bits per heavy atom. The zero-order chi connectivity index (χ0) is 67.5. The Hall–Kier alpha value is -1.94. The van der Waals surface area contributed by atoms with Crippen LogP contribution in [0.2, 0.25) is 0 Å². The van der Waals surface area contributed by atoms with Crippen molar-refractivity contribution in [1.82, 2.24) is 0 Å². The molecule has 0 aromatic rings. The van der Waals surface area contributed by atoms with Crippen LogP contribution >= 0.6 is 15.6 Å². The van der Waals surface area contributed by atoms with Gasteiger partial charge in [-0.1, -0.05) is 306 Å². The van der Waals surface area contributed by atoms with E-state index in [1.807, 2.05) is 0 Å². The van der Waals surface area contributed by atoms with Gasteiger partial charge in [0.25, 0.3) is 0 Å². The third-order valence-electron chi connectivity index (χ3n) is 16.6. The van der Waals surface area contributed by atoms with Gasteiger partial charge in [-0.2, -0.15) is 0 Å². The molecule has 91 heavy (non-hydrogen) atoms. The first-order valence-corrected chi connectivity index (χ1v) is 40.2. The number of rotatable bonds is 69. The van der Waals surface area contributed by atoms with Crippen LogP contribution in [0.1, 0.15) is 357 Å². The lowest BCUT2D eigenvalue weighted by Crippen LogP contribution is -2.30. The molecule has 2 unspecified atom stereocenters. The van der Waals surface area contributed by atoms with Crippen molar-refractivity contribution in [2.75, 3.05) is 39.6 Å². The summed E-state index contributed by atoms with van der Waals surface area (Å²) >= 11 is 0. The lowest BCUT2D eigenvalue weighted by Gasteiger charge is -2.21. The topological polar surface area (TPSA) is 237 Å². The molecule has 0 bridgehead atoms. The van der Waals surface area contributed by atoms with E-state index in [1.165, 1.54) is 154 Å². The fourth-order valence-corrected chi connectivity index (χ4v) is 12.4. The molecule has 17 nitrogen and oxygen atoms in total. The van der Waals surface area contributed by atoms with E-state index in [0.717, 1.165) is 114 Å². The number of phosphoric ester groups is 2. The summed E-state index contributed by atoms with van der Waals surface area (Å²) < 4.78 is 68.3. The summed E-state index contributed by atoms with van der Waals surface area (Å²) in [6.45, 7) is 14.1. The Morgan fingerprint density at radius 1 is 0.275 bits per heavy atom. The molecule has 0 aromatic carbocycles. The van der Waals surface area contributed by atoms with Gasteiger partial charge in [0, 0.05) is 25.7 Å². The molecule has 0 saturated carbocycles. The van der Waals surface area contributed by atoms with Gasteiger partial charge in [-0.05, 0) is 49.4 Å². The van der Waals surface area contributed by atoms with Gasteiger partial charge in [0.05, 0.1) is 26.4 Å². The Bertz CT molecular complexity index is 1800. The summed E-state index contributed by atoms with van der Waals surface area (Å²) in [5.74, 6) is 0.844. The van der Waals surface area contributed by atoms with E-state index in [-0.39, 0.29) is 25.7 Å². The third-order valence-corrected chi connectivity index (χ3v) is 18.5. The lowest BCUT2D eigenvalue weighted by molar-refractivity contribution is -0.161. The molecule has 0 fully saturated rings. The highest BCUT2D eigenvalue weighted by Gasteiger charge is 2.30. The zero-order valence-corrected chi connectivity index (χ0v) is 61.3. The van der Waals surface area contributed by atoms with E-state index in [1.54, 1.807) is 0 Å².